The van der Waals surface area contributed by atoms with Gasteiger partial charge in [0.05, 0.1) is 29.1 Å². The SMILES string of the molecule is COC(=O)C1=C(C(F)(F)F)NC(C)=C(C(=O)OCC=CCBr)C1c1cccc([N+](=O)[O-])c1. The zero-order valence-electron chi connectivity index (χ0n) is 16.9. The van der Waals surface area contributed by atoms with Crippen molar-refractivity contribution in [3.05, 3.63) is 74.6 Å². The van der Waals surface area contributed by atoms with Crippen molar-refractivity contribution in [1.29, 1.82) is 0 Å². The van der Waals surface area contributed by atoms with Gasteiger partial charge in [0.25, 0.3) is 5.69 Å². The standard InChI is InChI=1S/C20H18BrF3N2O6/c1-11-14(19(28)32-9-4-3-8-21)15(12-6-5-7-13(10-12)26(29)30)16(18(27)31-2)17(25-11)20(22,23)24/h3-7,10,15,25H,8-9H2,1-2H3. The van der Waals surface area contributed by atoms with E-state index in [4.69, 9.17) is 4.74 Å². The number of carbonyl (C=O) groups excluding carboxylic acids is 2. The molecule has 0 aliphatic carbocycles. The molecule has 0 fully saturated rings. The number of benzene rings is 1. The van der Waals surface area contributed by atoms with E-state index in [9.17, 15) is 32.9 Å². The van der Waals surface area contributed by atoms with Crippen LogP contribution in [0.4, 0.5) is 18.9 Å². The fraction of sp³-hybridized carbons (Fsp3) is 0.300. The Balaban J connectivity index is 2.73. The number of esters is 2. The van der Waals surface area contributed by atoms with Crippen LogP contribution in [0.1, 0.15) is 18.4 Å². The zero-order valence-corrected chi connectivity index (χ0v) is 18.5. The summed E-state index contributed by atoms with van der Waals surface area (Å²) in [6.07, 6.45) is -1.84. The normalized spacial score (nSPS) is 16.8. The number of nitro benzene ring substituents is 1. The number of nitro groups is 1. The number of rotatable bonds is 7. The molecule has 0 spiro atoms. The summed E-state index contributed by atoms with van der Waals surface area (Å²) in [5.41, 5.74) is -3.35. The minimum absolute atomic E-state index is 0.0786. The van der Waals surface area contributed by atoms with Gasteiger partial charge in [-0.3, -0.25) is 10.1 Å². The lowest BCUT2D eigenvalue weighted by atomic mass is 9.80. The van der Waals surface area contributed by atoms with E-state index >= 15 is 0 Å². The van der Waals surface area contributed by atoms with E-state index in [0.717, 1.165) is 19.2 Å². The molecule has 0 bridgehead atoms. The second-order valence-corrected chi connectivity index (χ2v) is 7.10. The Kier molecular flexibility index (Phi) is 8.19. The molecular formula is C20H18BrF3N2O6. The number of nitrogens with zero attached hydrogens (tertiary/aromatic N) is 1. The molecule has 12 heteroatoms. The number of ether oxygens (including phenoxy) is 2. The summed E-state index contributed by atoms with van der Waals surface area (Å²) in [5.74, 6) is -3.96. The van der Waals surface area contributed by atoms with Gasteiger partial charge < -0.3 is 14.8 Å². The molecule has 32 heavy (non-hydrogen) atoms. The van der Waals surface area contributed by atoms with Crippen molar-refractivity contribution < 1.29 is 37.2 Å². The van der Waals surface area contributed by atoms with Gasteiger partial charge in [-0.25, -0.2) is 9.59 Å². The summed E-state index contributed by atoms with van der Waals surface area (Å²) in [5, 5.41) is 13.8. The highest BCUT2D eigenvalue weighted by molar-refractivity contribution is 9.09. The lowest BCUT2D eigenvalue weighted by molar-refractivity contribution is -0.384. The fourth-order valence-corrected chi connectivity index (χ4v) is 3.40. The average Bonchev–Trinajstić information content (AvgIpc) is 2.74. The van der Waals surface area contributed by atoms with Crippen molar-refractivity contribution in [3.63, 3.8) is 0 Å². The number of methoxy groups -OCH3 is 1. The Hall–Kier alpha value is -3.15. The molecule has 0 aromatic heterocycles. The van der Waals surface area contributed by atoms with Crippen LogP contribution in [0, 0.1) is 10.1 Å². The minimum atomic E-state index is -5.00. The molecule has 172 valence electrons. The first-order chi connectivity index (χ1) is 15.0. The van der Waals surface area contributed by atoms with Crippen LogP contribution in [-0.4, -0.2) is 42.1 Å². The molecule has 1 heterocycles. The molecule has 8 nitrogen and oxygen atoms in total. The van der Waals surface area contributed by atoms with Gasteiger partial charge in [0, 0.05) is 23.2 Å². The predicted molar refractivity (Wildman–Crippen MR) is 111 cm³/mol. The maximum absolute atomic E-state index is 13.8. The lowest BCUT2D eigenvalue weighted by Crippen LogP contribution is -2.38. The highest BCUT2D eigenvalue weighted by Crippen LogP contribution is 2.43. The Morgan fingerprint density at radius 3 is 2.50 bits per heavy atom. The molecule has 0 saturated carbocycles. The third kappa shape index (κ3) is 5.55. The molecule has 1 aromatic rings. The maximum Gasteiger partial charge on any atom is 0.431 e. The van der Waals surface area contributed by atoms with E-state index in [-0.39, 0.29) is 23.4 Å². The topological polar surface area (TPSA) is 108 Å². The molecule has 0 amide bonds. The van der Waals surface area contributed by atoms with Gasteiger partial charge in [0.2, 0.25) is 0 Å². The summed E-state index contributed by atoms with van der Waals surface area (Å²) in [4.78, 5) is 35.8. The Labute approximate surface area is 189 Å². The van der Waals surface area contributed by atoms with Gasteiger partial charge in [-0.1, -0.05) is 40.2 Å². The average molecular weight is 519 g/mol. The van der Waals surface area contributed by atoms with Gasteiger partial charge in [-0.05, 0) is 12.5 Å². The molecular weight excluding hydrogens is 501 g/mol. The maximum atomic E-state index is 13.8. The largest absolute Gasteiger partial charge is 0.466 e. The van der Waals surface area contributed by atoms with E-state index in [0.29, 0.717) is 5.33 Å². The van der Waals surface area contributed by atoms with Crippen molar-refractivity contribution in [1.82, 2.24) is 5.32 Å². The van der Waals surface area contributed by atoms with Crippen molar-refractivity contribution in [2.45, 2.75) is 19.0 Å². The van der Waals surface area contributed by atoms with Crippen LogP contribution in [0.5, 0.6) is 0 Å². The number of dihydropyridines is 1. The number of carbonyl (C=O) groups is 2. The second-order valence-electron chi connectivity index (χ2n) is 6.45. The molecule has 1 aliphatic rings. The van der Waals surface area contributed by atoms with Crippen molar-refractivity contribution in [3.8, 4) is 0 Å². The fourth-order valence-electron chi connectivity index (χ4n) is 3.14. The van der Waals surface area contributed by atoms with Crippen LogP contribution in [0.15, 0.2) is 59.0 Å². The summed E-state index contributed by atoms with van der Waals surface area (Å²) in [6.45, 7) is 1.04. The number of hydrogen-bond acceptors (Lipinski definition) is 7. The first-order valence-corrected chi connectivity index (χ1v) is 10.1. The molecule has 0 radical (unpaired) electrons. The number of alkyl halides is 4. The van der Waals surface area contributed by atoms with Gasteiger partial charge >= 0.3 is 18.1 Å². The van der Waals surface area contributed by atoms with Crippen molar-refractivity contribution in [2.24, 2.45) is 0 Å². The van der Waals surface area contributed by atoms with Crippen LogP contribution in [0.2, 0.25) is 0 Å². The molecule has 0 saturated heterocycles. The Morgan fingerprint density at radius 1 is 1.25 bits per heavy atom. The lowest BCUT2D eigenvalue weighted by Gasteiger charge is -2.31. The van der Waals surface area contributed by atoms with E-state index in [2.05, 4.69) is 26.0 Å². The highest BCUT2D eigenvalue weighted by Gasteiger charge is 2.47. The van der Waals surface area contributed by atoms with Gasteiger partial charge in [0.1, 0.15) is 12.3 Å². The molecule has 1 unspecified atom stereocenters. The third-order valence-electron chi connectivity index (χ3n) is 4.45. The zero-order chi connectivity index (χ0) is 24.1. The number of non-ortho nitro benzene ring substituents is 1. The smallest absolute Gasteiger partial charge is 0.431 e. The molecule has 2 rings (SSSR count). The van der Waals surface area contributed by atoms with Crippen LogP contribution in [-0.2, 0) is 19.1 Å². The summed E-state index contributed by atoms with van der Waals surface area (Å²) in [7, 11) is 0.891. The van der Waals surface area contributed by atoms with Gasteiger partial charge in [-0.2, -0.15) is 13.2 Å². The van der Waals surface area contributed by atoms with Crippen LogP contribution >= 0.6 is 15.9 Å². The Bertz CT molecular complexity index is 1020. The van der Waals surface area contributed by atoms with Gasteiger partial charge in [-0.15, -0.1) is 0 Å². The molecule has 1 N–H and O–H groups in total. The number of hydrogen-bond donors (Lipinski definition) is 1. The highest BCUT2D eigenvalue weighted by atomic mass is 79.9. The predicted octanol–water partition coefficient (Wildman–Crippen LogP) is 4.04. The van der Waals surface area contributed by atoms with Gasteiger partial charge in [0.15, 0.2) is 0 Å². The van der Waals surface area contributed by atoms with E-state index < -0.39 is 45.9 Å². The third-order valence-corrected chi connectivity index (χ3v) is 4.83. The molecule has 1 atom stereocenters. The minimum Gasteiger partial charge on any atom is -0.466 e. The second kappa shape index (κ2) is 10.4. The van der Waals surface area contributed by atoms with Crippen LogP contribution in [0.3, 0.4) is 0 Å². The summed E-state index contributed by atoms with van der Waals surface area (Å²) in [6, 6.07) is 4.66. The Morgan fingerprint density at radius 2 is 1.94 bits per heavy atom. The summed E-state index contributed by atoms with van der Waals surface area (Å²) >= 11 is 3.15. The van der Waals surface area contributed by atoms with Crippen molar-refractivity contribution >= 4 is 33.6 Å². The van der Waals surface area contributed by atoms with E-state index in [1.165, 1.54) is 25.1 Å². The number of nitrogens with one attached hydrogen (secondary N) is 1. The quantitative estimate of drug-likeness (QED) is 0.191. The van der Waals surface area contributed by atoms with Crippen molar-refractivity contribution in [2.75, 3.05) is 19.0 Å². The first kappa shape index (κ1) is 25.1. The summed E-state index contributed by atoms with van der Waals surface area (Å²) < 4.78 is 51.0. The monoisotopic (exact) mass is 518 g/mol. The molecule has 1 aliphatic heterocycles. The van der Waals surface area contributed by atoms with E-state index in [1.807, 2.05) is 0 Å². The number of halogens is 4. The van der Waals surface area contributed by atoms with Crippen LogP contribution < -0.4 is 5.32 Å². The number of allylic oxidation sites excluding steroid dienone is 3. The van der Waals surface area contributed by atoms with Crippen LogP contribution in [0.25, 0.3) is 0 Å². The first-order valence-electron chi connectivity index (χ1n) is 9.02. The molecule has 1 aromatic carbocycles. The van der Waals surface area contributed by atoms with E-state index in [1.54, 1.807) is 6.08 Å².